The van der Waals surface area contributed by atoms with Crippen LogP contribution in [0.15, 0.2) is 24.3 Å². The molecule has 0 heterocycles. The van der Waals surface area contributed by atoms with Gasteiger partial charge in [0.15, 0.2) is 0 Å². The summed E-state index contributed by atoms with van der Waals surface area (Å²) in [6.07, 6.45) is 3.10. The van der Waals surface area contributed by atoms with E-state index in [1.165, 1.54) is 5.56 Å². The van der Waals surface area contributed by atoms with E-state index >= 15 is 0 Å². The minimum absolute atomic E-state index is 0.139. The second kappa shape index (κ2) is 6.93. The molecule has 0 bridgehead atoms. The second-order valence-electron chi connectivity index (χ2n) is 6.42. The number of benzene rings is 1. The van der Waals surface area contributed by atoms with Crippen LogP contribution in [0.3, 0.4) is 0 Å². The van der Waals surface area contributed by atoms with Crippen LogP contribution in [-0.2, 0) is 0 Å². The molecule has 0 aliphatic heterocycles. The highest BCUT2D eigenvalue weighted by Crippen LogP contribution is 2.31. The van der Waals surface area contributed by atoms with Gasteiger partial charge in [-0.05, 0) is 62.8 Å². The van der Waals surface area contributed by atoms with E-state index < -0.39 is 0 Å². The van der Waals surface area contributed by atoms with Crippen molar-refractivity contribution in [3.63, 3.8) is 0 Å². The Labute approximate surface area is 127 Å². The van der Waals surface area contributed by atoms with Crippen molar-refractivity contribution in [2.45, 2.75) is 45.3 Å². The summed E-state index contributed by atoms with van der Waals surface area (Å²) < 4.78 is 0. The molecule has 1 aliphatic carbocycles. The van der Waals surface area contributed by atoms with Crippen LogP contribution in [0.5, 0.6) is 0 Å². The molecule has 1 N–H and O–H groups in total. The molecule has 112 valence electrons. The van der Waals surface area contributed by atoms with Crippen molar-refractivity contribution >= 4 is 11.6 Å². The van der Waals surface area contributed by atoms with Gasteiger partial charge in [-0.1, -0.05) is 30.7 Å². The summed E-state index contributed by atoms with van der Waals surface area (Å²) >= 11 is 6.07. The van der Waals surface area contributed by atoms with Gasteiger partial charge in [0, 0.05) is 17.6 Å². The molecule has 0 aromatic heterocycles. The Bertz CT molecular complexity index is 437. The molecule has 0 saturated heterocycles. The van der Waals surface area contributed by atoms with Crippen molar-refractivity contribution in [1.82, 2.24) is 4.90 Å². The summed E-state index contributed by atoms with van der Waals surface area (Å²) in [5, 5.41) is 11.0. The Hall–Kier alpha value is -0.570. The van der Waals surface area contributed by atoms with Crippen molar-refractivity contribution < 1.29 is 5.11 Å². The number of halogens is 1. The van der Waals surface area contributed by atoms with Gasteiger partial charge in [0.1, 0.15) is 0 Å². The molecule has 0 radical (unpaired) electrons. The van der Waals surface area contributed by atoms with Crippen LogP contribution in [0.25, 0.3) is 0 Å². The van der Waals surface area contributed by atoms with E-state index in [0.29, 0.717) is 12.0 Å². The van der Waals surface area contributed by atoms with E-state index in [-0.39, 0.29) is 6.10 Å². The molecule has 4 atom stereocenters. The predicted molar refractivity (Wildman–Crippen MR) is 85.0 cm³/mol. The van der Waals surface area contributed by atoms with Gasteiger partial charge in [0.05, 0.1) is 6.10 Å². The number of rotatable bonds is 4. The van der Waals surface area contributed by atoms with Crippen molar-refractivity contribution in [3.8, 4) is 0 Å². The van der Waals surface area contributed by atoms with Gasteiger partial charge in [0.25, 0.3) is 0 Å². The van der Waals surface area contributed by atoms with Crippen LogP contribution in [0.1, 0.15) is 44.7 Å². The van der Waals surface area contributed by atoms with Gasteiger partial charge in [-0.25, -0.2) is 0 Å². The second-order valence-corrected chi connectivity index (χ2v) is 6.85. The lowest BCUT2D eigenvalue weighted by molar-refractivity contribution is 0.0289. The van der Waals surface area contributed by atoms with E-state index in [4.69, 9.17) is 11.6 Å². The van der Waals surface area contributed by atoms with E-state index in [9.17, 15) is 5.11 Å². The van der Waals surface area contributed by atoms with E-state index in [0.717, 1.165) is 36.7 Å². The summed E-state index contributed by atoms with van der Waals surface area (Å²) in [6.45, 7) is 5.43. The van der Waals surface area contributed by atoms with Gasteiger partial charge >= 0.3 is 0 Å². The monoisotopic (exact) mass is 295 g/mol. The minimum atomic E-state index is -0.139. The van der Waals surface area contributed by atoms with Crippen LogP contribution in [0, 0.1) is 11.8 Å². The third-order valence-corrected chi connectivity index (χ3v) is 4.95. The smallest absolute Gasteiger partial charge is 0.0580 e. The van der Waals surface area contributed by atoms with E-state index in [1.807, 2.05) is 18.2 Å². The summed E-state index contributed by atoms with van der Waals surface area (Å²) in [5.41, 5.74) is 1.23. The van der Waals surface area contributed by atoms with Crippen LogP contribution in [-0.4, -0.2) is 29.7 Å². The lowest BCUT2D eigenvalue weighted by atomic mass is 9.80. The number of hydrogen-bond acceptors (Lipinski definition) is 2. The standard InChI is InChI=1S/C17H26ClNO/c1-12-7-8-17(20)15(9-12)11-19(3)13(2)14-5-4-6-16(18)10-14/h4-6,10,12-13,15,17,20H,7-9,11H2,1-3H3. The fourth-order valence-electron chi connectivity index (χ4n) is 3.23. The molecule has 3 heteroatoms. The van der Waals surface area contributed by atoms with Gasteiger partial charge < -0.3 is 5.11 Å². The quantitative estimate of drug-likeness (QED) is 0.903. The largest absolute Gasteiger partial charge is 0.393 e. The summed E-state index contributed by atoms with van der Waals surface area (Å²) in [7, 11) is 2.14. The van der Waals surface area contributed by atoms with Crippen molar-refractivity contribution in [2.24, 2.45) is 11.8 Å². The molecule has 1 fully saturated rings. The van der Waals surface area contributed by atoms with Crippen molar-refractivity contribution in [2.75, 3.05) is 13.6 Å². The summed E-state index contributed by atoms with van der Waals surface area (Å²) in [6, 6.07) is 8.37. The Morgan fingerprint density at radius 1 is 1.40 bits per heavy atom. The number of aliphatic hydroxyl groups excluding tert-OH is 1. The molecule has 1 aliphatic rings. The van der Waals surface area contributed by atoms with Crippen LogP contribution in [0.2, 0.25) is 5.02 Å². The van der Waals surface area contributed by atoms with Gasteiger partial charge in [-0.15, -0.1) is 0 Å². The zero-order chi connectivity index (χ0) is 14.7. The Kier molecular flexibility index (Phi) is 5.48. The van der Waals surface area contributed by atoms with Crippen LogP contribution < -0.4 is 0 Å². The average molecular weight is 296 g/mol. The minimum Gasteiger partial charge on any atom is -0.393 e. The molecular weight excluding hydrogens is 270 g/mol. The third-order valence-electron chi connectivity index (χ3n) is 4.72. The normalized spacial score (nSPS) is 28.6. The van der Waals surface area contributed by atoms with Gasteiger partial charge in [-0.3, -0.25) is 4.90 Å². The van der Waals surface area contributed by atoms with E-state index in [2.05, 4.69) is 31.9 Å². The van der Waals surface area contributed by atoms with Gasteiger partial charge in [-0.2, -0.15) is 0 Å². The maximum atomic E-state index is 10.2. The molecule has 1 aromatic carbocycles. The lowest BCUT2D eigenvalue weighted by Crippen LogP contribution is -2.38. The zero-order valence-electron chi connectivity index (χ0n) is 12.7. The fourth-order valence-corrected chi connectivity index (χ4v) is 3.43. The Balaban J connectivity index is 1.98. The van der Waals surface area contributed by atoms with Crippen LogP contribution >= 0.6 is 11.6 Å². The van der Waals surface area contributed by atoms with Gasteiger partial charge in [0.2, 0.25) is 0 Å². The molecular formula is C17H26ClNO. The molecule has 0 amide bonds. The number of hydrogen-bond donors (Lipinski definition) is 1. The molecule has 2 nitrogen and oxygen atoms in total. The maximum Gasteiger partial charge on any atom is 0.0580 e. The fraction of sp³-hybridized carbons (Fsp3) is 0.647. The zero-order valence-corrected chi connectivity index (χ0v) is 13.5. The molecule has 1 saturated carbocycles. The SMILES string of the molecule is CC1CCC(O)C(CN(C)C(C)c2cccc(Cl)c2)C1. The topological polar surface area (TPSA) is 23.5 Å². The van der Waals surface area contributed by atoms with E-state index in [1.54, 1.807) is 0 Å². The van der Waals surface area contributed by atoms with Crippen molar-refractivity contribution in [3.05, 3.63) is 34.9 Å². The number of aliphatic hydroxyl groups is 1. The van der Waals surface area contributed by atoms with Crippen LogP contribution in [0.4, 0.5) is 0 Å². The Morgan fingerprint density at radius 2 is 2.15 bits per heavy atom. The summed E-state index contributed by atoms with van der Waals surface area (Å²) in [5.74, 6) is 1.13. The molecule has 0 spiro atoms. The maximum absolute atomic E-state index is 10.2. The highest BCUT2D eigenvalue weighted by molar-refractivity contribution is 6.30. The molecule has 2 rings (SSSR count). The Morgan fingerprint density at radius 3 is 2.85 bits per heavy atom. The predicted octanol–water partition coefficient (Wildman–Crippen LogP) is 4.13. The lowest BCUT2D eigenvalue weighted by Gasteiger charge is -2.36. The third kappa shape index (κ3) is 3.97. The average Bonchev–Trinajstić information content (AvgIpc) is 2.42. The first-order chi connectivity index (χ1) is 9.47. The molecule has 20 heavy (non-hydrogen) atoms. The van der Waals surface area contributed by atoms with Crippen molar-refractivity contribution in [1.29, 1.82) is 0 Å². The first-order valence-electron chi connectivity index (χ1n) is 7.61. The first-order valence-corrected chi connectivity index (χ1v) is 7.99. The summed E-state index contributed by atoms with van der Waals surface area (Å²) in [4.78, 5) is 2.33. The molecule has 1 aromatic rings. The first kappa shape index (κ1) is 15.8. The highest BCUT2D eigenvalue weighted by Gasteiger charge is 2.28. The number of nitrogens with zero attached hydrogens (tertiary/aromatic N) is 1. The highest BCUT2D eigenvalue weighted by atomic mass is 35.5. The molecule has 4 unspecified atom stereocenters.